The van der Waals surface area contributed by atoms with Crippen LogP contribution in [-0.2, 0) is 11.2 Å². The van der Waals surface area contributed by atoms with Crippen molar-refractivity contribution in [2.75, 3.05) is 0 Å². The minimum Gasteiger partial charge on any atom is -0.424 e. The number of aromatic amines is 1. The van der Waals surface area contributed by atoms with Gasteiger partial charge in [-0.15, -0.1) is 0 Å². The van der Waals surface area contributed by atoms with Crippen LogP contribution in [0.4, 0.5) is 0 Å². The maximum absolute atomic E-state index is 12.1. The number of nitrogens with one attached hydrogen (secondary N) is 1. The minimum atomic E-state index is -0.304. The van der Waals surface area contributed by atoms with Crippen molar-refractivity contribution in [2.24, 2.45) is 0 Å². The Labute approximate surface area is 108 Å². The first-order valence-electron chi connectivity index (χ1n) is 5.36. The molecule has 1 aliphatic heterocycles. The molecule has 5 heteroatoms. The third kappa shape index (κ3) is 1.80. The summed E-state index contributed by atoms with van der Waals surface area (Å²) >= 11 is 5.76. The average molecular weight is 262 g/mol. The highest BCUT2D eigenvalue weighted by Crippen LogP contribution is 2.27. The van der Waals surface area contributed by atoms with Crippen LogP contribution in [-0.4, -0.2) is 16.7 Å². The van der Waals surface area contributed by atoms with Crippen molar-refractivity contribution in [3.05, 3.63) is 52.3 Å². The van der Waals surface area contributed by atoms with E-state index in [-0.39, 0.29) is 18.2 Å². The molecule has 0 aliphatic carbocycles. The first-order chi connectivity index (χ1) is 8.63. The topological polar surface area (TPSA) is 59.2 Å². The number of halogens is 1. The standard InChI is InChI=1S/C13H8ClNO3/c14-8-3-1-7(2-4-8)13(17)10-5-11-9(15-10)6-12(16)18-11/h1-5,15H,6H2. The summed E-state index contributed by atoms with van der Waals surface area (Å²) in [6.45, 7) is 0. The van der Waals surface area contributed by atoms with E-state index in [0.717, 1.165) is 0 Å². The summed E-state index contributed by atoms with van der Waals surface area (Å²) in [5.74, 6) is -0.0174. The molecule has 0 fully saturated rings. The molecule has 2 heterocycles. The number of hydrogen-bond acceptors (Lipinski definition) is 3. The van der Waals surface area contributed by atoms with Crippen molar-refractivity contribution in [3.63, 3.8) is 0 Å². The number of esters is 1. The largest absolute Gasteiger partial charge is 0.424 e. The van der Waals surface area contributed by atoms with Crippen LogP contribution in [0.15, 0.2) is 30.3 Å². The van der Waals surface area contributed by atoms with Gasteiger partial charge in [-0.3, -0.25) is 9.59 Å². The zero-order valence-corrected chi connectivity index (χ0v) is 9.95. The molecule has 4 nitrogen and oxygen atoms in total. The Morgan fingerprint density at radius 3 is 2.67 bits per heavy atom. The number of ether oxygens (including phenoxy) is 1. The number of carbonyl (C=O) groups is 2. The zero-order chi connectivity index (χ0) is 12.7. The van der Waals surface area contributed by atoms with Crippen LogP contribution in [0.1, 0.15) is 21.7 Å². The van der Waals surface area contributed by atoms with Gasteiger partial charge in [0.2, 0.25) is 5.78 Å². The summed E-state index contributed by atoms with van der Waals surface area (Å²) in [6.07, 6.45) is 0.184. The van der Waals surface area contributed by atoms with Gasteiger partial charge in [0.05, 0.1) is 17.8 Å². The third-order valence-electron chi connectivity index (χ3n) is 2.75. The Balaban J connectivity index is 1.92. The molecule has 1 aliphatic rings. The summed E-state index contributed by atoms with van der Waals surface area (Å²) in [7, 11) is 0. The maximum Gasteiger partial charge on any atom is 0.317 e. The maximum atomic E-state index is 12.1. The van der Waals surface area contributed by atoms with Gasteiger partial charge in [-0.2, -0.15) is 0 Å². The summed E-state index contributed by atoms with van der Waals surface area (Å²) in [5.41, 5.74) is 1.60. The second-order valence-corrected chi connectivity index (χ2v) is 4.45. The Hall–Kier alpha value is -2.07. The van der Waals surface area contributed by atoms with Gasteiger partial charge in [-0.1, -0.05) is 11.6 Å². The minimum absolute atomic E-state index is 0.155. The van der Waals surface area contributed by atoms with Crippen molar-refractivity contribution >= 4 is 23.4 Å². The summed E-state index contributed by atoms with van der Waals surface area (Å²) in [4.78, 5) is 26.0. The second kappa shape index (κ2) is 3.99. The van der Waals surface area contributed by atoms with E-state index in [9.17, 15) is 9.59 Å². The molecule has 1 N–H and O–H groups in total. The SMILES string of the molecule is O=C1Cc2[nH]c(C(=O)c3ccc(Cl)cc3)cc2O1. The number of hydrogen-bond donors (Lipinski definition) is 1. The Morgan fingerprint density at radius 1 is 1.28 bits per heavy atom. The number of aromatic nitrogens is 1. The van der Waals surface area contributed by atoms with Gasteiger partial charge in [-0.25, -0.2) is 0 Å². The number of carbonyl (C=O) groups excluding carboxylic acids is 2. The molecule has 1 aromatic heterocycles. The van der Waals surface area contributed by atoms with Crippen molar-refractivity contribution in [1.29, 1.82) is 0 Å². The van der Waals surface area contributed by atoms with Crippen molar-refractivity contribution in [2.45, 2.75) is 6.42 Å². The van der Waals surface area contributed by atoms with Gasteiger partial charge >= 0.3 is 5.97 Å². The Bertz CT molecular complexity index is 617. The predicted octanol–water partition coefficient (Wildman–Crippen LogP) is 2.36. The molecule has 1 aromatic carbocycles. The van der Waals surface area contributed by atoms with E-state index in [2.05, 4.69) is 4.98 Å². The smallest absolute Gasteiger partial charge is 0.317 e. The Kier molecular flexibility index (Phi) is 2.45. The zero-order valence-electron chi connectivity index (χ0n) is 9.20. The van der Waals surface area contributed by atoms with Crippen molar-refractivity contribution < 1.29 is 14.3 Å². The molecule has 18 heavy (non-hydrogen) atoms. The highest BCUT2D eigenvalue weighted by Gasteiger charge is 2.25. The fraction of sp³-hybridized carbons (Fsp3) is 0.0769. The number of ketones is 1. The normalized spacial score (nSPS) is 13.3. The van der Waals surface area contributed by atoms with Crippen LogP contribution in [0.25, 0.3) is 0 Å². The fourth-order valence-electron chi connectivity index (χ4n) is 1.88. The quantitative estimate of drug-likeness (QED) is 0.667. The van der Waals surface area contributed by atoms with E-state index in [1.54, 1.807) is 30.3 Å². The van der Waals surface area contributed by atoms with E-state index in [0.29, 0.717) is 27.7 Å². The number of H-pyrrole nitrogens is 1. The van der Waals surface area contributed by atoms with E-state index in [1.165, 1.54) is 0 Å². The van der Waals surface area contributed by atoms with Gasteiger partial charge < -0.3 is 9.72 Å². The van der Waals surface area contributed by atoms with Crippen LogP contribution in [0, 0.1) is 0 Å². The molecule has 3 rings (SSSR count). The van der Waals surface area contributed by atoms with Crippen LogP contribution < -0.4 is 4.74 Å². The van der Waals surface area contributed by atoms with Crippen LogP contribution in [0.2, 0.25) is 5.02 Å². The summed E-state index contributed by atoms with van der Waals surface area (Å²) in [5, 5.41) is 0.578. The summed E-state index contributed by atoms with van der Waals surface area (Å²) < 4.78 is 4.95. The van der Waals surface area contributed by atoms with Crippen LogP contribution >= 0.6 is 11.6 Å². The monoisotopic (exact) mass is 261 g/mol. The first-order valence-corrected chi connectivity index (χ1v) is 5.74. The highest BCUT2D eigenvalue weighted by molar-refractivity contribution is 6.30. The molecule has 0 radical (unpaired) electrons. The van der Waals surface area contributed by atoms with Crippen molar-refractivity contribution in [1.82, 2.24) is 4.98 Å². The van der Waals surface area contributed by atoms with Gasteiger partial charge in [0.25, 0.3) is 0 Å². The lowest BCUT2D eigenvalue weighted by Crippen LogP contribution is -2.05. The molecular weight excluding hydrogens is 254 g/mol. The lowest BCUT2D eigenvalue weighted by molar-refractivity contribution is -0.131. The van der Waals surface area contributed by atoms with Crippen LogP contribution in [0.3, 0.4) is 0 Å². The van der Waals surface area contributed by atoms with E-state index in [4.69, 9.17) is 16.3 Å². The van der Waals surface area contributed by atoms with E-state index in [1.807, 2.05) is 0 Å². The molecule has 0 atom stereocenters. The van der Waals surface area contributed by atoms with Crippen molar-refractivity contribution in [3.8, 4) is 5.75 Å². The number of benzene rings is 1. The number of fused-ring (bicyclic) bond motifs is 1. The van der Waals surface area contributed by atoms with Gasteiger partial charge in [0, 0.05) is 16.7 Å². The van der Waals surface area contributed by atoms with Gasteiger partial charge in [0.15, 0.2) is 5.75 Å². The third-order valence-corrected chi connectivity index (χ3v) is 3.01. The van der Waals surface area contributed by atoms with Gasteiger partial charge in [0.1, 0.15) is 0 Å². The molecule has 0 unspecified atom stereocenters. The molecule has 0 bridgehead atoms. The highest BCUT2D eigenvalue weighted by atomic mass is 35.5. The molecule has 2 aromatic rings. The molecular formula is C13H8ClNO3. The average Bonchev–Trinajstić information content (AvgIpc) is 2.86. The predicted molar refractivity (Wildman–Crippen MR) is 65.0 cm³/mol. The molecule has 0 amide bonds. The van der Waals surface area contributed by atoms with Gasteiger partial charge in [-0.05, 0) is 24.3 Å². The van der Waals surface area contributed by atoms with E-state index >= 15 is 0 Å². The summed E-state index contributed by atoms with van der Waals surface area (Å²) in [6, 6.07) is 8.18. The van der Waals surface area contributed by atoms with E-state index < -0.39 is 0 Å². The molecule has 0 saturated heterocycles. The fourth-order valence-corrected chi connectivity index (χ4v) is 2.01. The number of rotatable bonds is 2. The first kappa shape index (κ1) is 11.0. The lowest BCUT2D eigenvalue weighted by Gasteiger charge is -1.99. The molecule has 90 valence electrons. The molecule has 0 spiro atoms. The lowest BCUT2D eigenvalue weighted by atomic mass is 10.1. The Morgan fingerprint density at radius 2 is 2.00 bits per heavy atom. The molecule has 0 saturated carbocycles. The second-order valence-electron chi connectivity index (χ2n) is 4.01. The van der Waals surface area contributed by atoms with Crippen LogP contribution in [0.5, 0.6) is 5.75 Å².